The molecular weight excluding hydrogens is 447 g/mol. The summed E-state index contributed by atoms with van der Waals surface area (Å²) >= 11 is 12.0. The zero-order valence-electron chi connectivity index (χ0n) is 17.5. The van der Waals surface area contributed by atoms with Gasteiger partial charge < -0.3 is 14.8 Å². The molecule has 1 N–H and O–H groups in total. The molecule has 5 nitrogen and oxygen atoms in total. The molecule has 1 amide bonds. The third-order valence-corrected chi connectivity index (χ3v) is 5.26. The van der Waals surface area contributed by atoms with Gasteiger partial charge in [0.1, 0.15) is 18.2 Å². The van der Waals surface area contributed by atoms with Gasteiger partial charge in [0.05, 0.1) is 17.2 Å². The number of ether oxygens (including phenoxy) is 2. The van der Waals surface area contributed by atoms with Gasteiger partial charge in [-0.3, -0.25) is 4.79 Å². The standard InChI is InChI=1S/C25H20Cl2N2O3/c1-16-4-3-5-20(10-16)29-25(30)19(14-28)11-17-7-9-23(24(13-17)31-2)32-15-18-6-8-21(26)22(27)12-18/h3-13H,15H2,1-2H3,(H,29,30)/b19-11-. The Hall–Kier alpha value is -3.46. The predicted octanol–water partition coefficient (Wildman–Crippen LogP) is 6.44. The van der Waals surface area contributed by atoms with E-state index in [9.17, 15) is 10.1 Å². The maximum atomic E-state index is 12.5. The lowest BCUT2D eigenvalue weighted by Crippen LogP contribution is -2.13. The van der Waals surface area contributed by atoms with E-state index in [1.165, 1.54) is 13.2 Å². The second-order valence-electron chi connectivity index (χ2n) is 6.94. The fourth-order valence-corrected chi connectivity index (χ4v) is 3.24. The third kappa shape index (κ3) is 6.04. The van der Waals surface area contributed by atoms with Crippen LogP contribution in [-0.2, 0) is 11.4 Å². The molecule has 162 valence electrons. The third-order valence-electron chi connectivity index (χ3n) is 4.52. The van der Waals surface area contributed by atoms with Crippen molar-refractivity contribution in [1.29, 1.82) is 5.26 Å². The first kappa shape index (κ1) is 23.2. The number of amides is 1. The highest BCUT2D eigenvalue weighted by molar-refractivity contribution is 6.42. The number of benzene rings is 3. The molecule has 0 atom stereocenters. The summed E-state index contributed by atoms with van der Waals surface area (Å²) in [5.74, 6) is 0.491. The summed E-state index contributed by atoms with van der Waals surface area (Å²) in [6, 6.07) is 19.7. The van der Waals surface area contributed by atoms with Crippen molar-refractivity contribution in [3.8, 4) is 17.6 Å². The van der Waals surface area contributed by atoms with Crippen LogP contribution in [0.25, 0.3) is 6.08 Å². The quantitative estimate of drug-likeness (QED) is 0.321. The van der Waals surface area contributed by atoms with E-state index in [4.69, 9.17) is 32.7 Å². The van der Waals surface area contributed by atoms with E-state index >= 15 is 0 Å². The predicted molar refractivity (Wildman–Crippen MR) is 127 cm³/mol. The molecule has 0 saturated carbocycles. The van der Waals surface area contributed by atoms with Gasteiger partial charge in [-0.15, -0.1) is 0 Å². The molecule has 0 aromatic heterocycles. The highest BCUT2D eigenvalue weighted by Gasteiger charge is 2.12. The first-order valence-electron chi connectivity index (χ1n) is 9.64. The summed E-state index contributed by atoms with van der Waals surface area (Å²) in [6.07, 6.45) is 1.50. The molecule has 0 spiro atoms. The van der Waals surface area contributed by atoms with E-state index in [1.54, 1.807) is 36.4 Å². The van der Waals surface area contributed by atoms with Crippen LogP contribution in [0.15, 0.2) is 66.2 Å². The van der Waals surface area contributed by atoms with E-state index in [-0.39, 0.29) is 12.2 Å². The Morgan fingerprint density at radius 2 is 1.88 bits per heavy atom. The van der Waals surface area contributed by atoms with Gasteiger partial charge in [-0.2, -0.15) is 5.26 Å². The van der Waals surface area contributed by atoms with E-state index in [2.05, 4.69) is 5.32 Å². The molecule has 3 aromatic rings. The van der Waals surface area contributed by atoms with Gasteiger partial charge >= 0.3 is 0 Å². The Labute approximate surface area is 196 Å². The summed E-state index contributed by atoms with van der Waals surface area (Å²) in [4.78, 5) is 12.5. The van der Waals surface area contributed by atoms with Gasteiger partial charge in [-0.05, 0) is 66.1 Å². The largest absolute Gasteiger partial charge is 0.493 e. The number of nitrogens with one attached hydrogen (secondary N) is 1. The summed E-state index contributed by atoms with van der Waals surface area (Å²) in [6.45, 7) is 2.19. The summed E-state index contributed by atoms with van der Waals surface area (Å²) in [5, 5.41) is 13.1. The van der Waals surface area contributed by atoms with Gasteiger partial charge in [-0.1, -0.05) is 47.5 Å². The number of nitrogens with zero attached hydrogens (tertiary/aromatic N) is 1. The lowest BCUT2D eigenvalue weighted by Gasteiger charge is -2.12. The van der Waals surface area contributed by atoms with Gasteiger partial charge in [-0.25, -0.2) is 0 Å². The Morgan fingerprint density at radius 3 is 2.56 bits per heavy atom. The molecule has 0 saturated heterocycles. The second kappa shape index (κ2) is 10.7. The van der Waals surface area contributed by atoms with Crippen LogP contribution in [0.1, 0.15) is 16.7 Å². The molecule has 0 aliphatic carbocycles. The smallest absolute Gasteiger partial charge is 0.266 e. The molecule has 0 bridgehead atoms. The van der Waals surface area contributed by atoms with Crippen LogP contribution < -0.4 is 14.8 Å². The van der Waals surface area contributed by atoms with Crippen molar-refractivity contribution in [3.63, 3.8) is 0 Å². The Bertz CT molecular complexity index is 1220. The zero-order valence-corrected chi connectivity index (χ0v) is 19.0. The van der Waals surface area contributed by atoms with Crippen molar-refractivity contribution in [2.75, 3.05) is 12.4 Å². The van der Waals surface area contributed by atoms with Crippen LogP contribution >= 0.6 is 23.2 Å². The average Bonchev–Trinajstić information content (AvgIpc) is 2.78. The number of rotatable bonds is 7. The highest BCUT2D eigenvalue weighted by atomic mass is 35.5. The van der Waals surface area contributed by atoms with E-state index in [0.717, 1.165) is 11.1 Å². The number of hydrogen-bond donors (Lipinski definition) is 1. The van der Waals surface area contributed by atoms with Gasteiger partial charge in [0.25, 0.3) is 5.91 Å². The van der Waals surface area contributed by atoms with E-state index in [0.29, 0.717) is 32.8 Å². The Balaban J connectivity index is 1.75. The van der Waals surface area contributed by atoms with Crippen LogP contribution in [0.5, 0.6) is 11.5 Å². The fourth-order valence-electron chi connectivity index (χ4n) is 2.92. The summed E-state index contributed by atoms with van der Waals surface area (Å²) in [7, 11) is 1.52. The number of aryl methyl sites for hydroxylation is 1. The molecule has 0 radical (unpaired) electrons. The second-order valence-corrected chi connectivity index (χ2v) is 7.76. The molecule has 0 aliphatic heterocycles. The maximum Gasteiger partial charge on any atom is 0.266 e. The number of halogens is 2. The van der Waals surface area contributed by atoms with Crippen molar-refractivity contribution in [2.24, 2.45) is 0 Å². The average molecular weight is 467 g/mol. The van der Waals surface area contributed by atoms with Crippen molar-refractivity contribution in [3.05, 3.63) is 93.0 Å². The van der Waals surface area contributed by atoms with Crippen molar-refractivity contribution in [1.82, 2.24) is 0 Å². The molecule has 0 heterocycles. The van der Waals surface area contributed by atoms with Crippen LogP contribution in [0.2, 0.25) is 10.0 Å². The minimum Gasteiger partial charge on any atom is -0.493 e. The van der Waals surface area contributed by atoms with Crippen LogP contribution in [-0.4, -0.2) is 13.0 Å². The Kier molecular flexibility index (Phi) is 7.77. The molecule has 3 aromatic carbocycles. The minimum atomic E-state index is -0.489. The van der Waals surface area contributed by atoms with Crippen LogP contribution in [0, 0.1) is 18.3 Å². The number of carbonyl (C=O) groups excluding carboxylic acids is 1. The normalized spacial score (nSPS) is 10.9. The van der Waals surface area contributed by atoms with Crippen LogP contribution in [0.3, 0.4) is 0 Å². The van der Waals surface area contributed by atoms with Crippen molar-refractivity contribution < 1.29 is 14.3 Å². The monoisotopic (exact) mass is 466 g/mol. The number of methoxy groups -OCH3 is 1. The number of carbonyl (C=O) groups is 1. The molecular formula is C25H20Cl2N2O3. The van der Waals surface area contributed by atoms with Crippen molar-refractivity contribution >= 4 is 40.9 Å². The number of anilines is 1. The molecule has 0 aliphatic rings. The molecule has 0 unspecified atom stereocenters. The van der Waals surface area contributed by atoms with Gasteiger partial charge in [0, 0.05) is 5.69 Å². The topological polar surface area (TPSA) is 71.3 Å². The fraction of sp³-hybridized carbons (Fsp3) is 0.120. The first-order chi connectivity index (χ1) is 15.4. The zero-order chi connectivity index (χ0) is 23.1. The lowest BCUT2D eigenvalue weighted by molar-refractivity contribution is -0.112. The molecule has 0 fully saturated rings. The molecule has 32 heavy (non-hydrogen) atoms. The van der Waals surface area contributed by atoms with Crippen molar-refractivity contribution in [2.45, 2.75) is 13.5 Å². The Morgan fingerprint density at radius 1 is 1.06 bits per heavy atom. The number of hydrogen-bond acceptors (Lipinski definition) is 4. The molecule has 3 rings (SSSR count). The van der Waals surface area contributed by atoms with E-state index in [1.807, 2.05) is 37.3 Å². The lowest BCUT2D eigenvalue weighted by atomic mass is 10.1. The first-order valence-corrected chi connectivity index (χ1v) is 10.4. The van der Waals surface area contributed by atoms with E-state index < -0.39 is 5.91 Å². The van der Waals surface area contributed by atoms with Gasteiger partial charge in [0.2, 0.25) is 0 Å². The minimum absolute atomic E-state index is 0.0296. The van der Waals surface area contributed by atoms with Crippen LogP contribution in [0.4, 0.5) is 5.69 Å². The SMILES string of the molecule is COc1cc(/C=C(/C#N)C(=O)Nc2cccc(C)c2)ccc1OCc1ccc(Cl)c(Cl)c1. The highest BCUT2D eigenvalue weighted by Crippen LogP contribution is 2.30. The number of nitriles is 1. The summed E-state index contributed by atoms with van der Waals surface area (Å²) in [5.41, 5.74) is 3.08. The summed E-state index contributed by atoms with van der Waals surface area (Å²) < 4.78 is 11.3. The maximum absolute atomic E-state index is 12.5. The van der Waals surface area contributed by atoms with Gasteiger partial charge in [0.15, 0.2) is 11.5 Å². The molecule has 7 heteroatoms.